The van der Waals surface area contributed by atoms with Gasteiger partial charge in [-0.2, -0.15) is 5.10 Å². The Morgan fingerprint density at radius 1 is 0.800 bits per heavy atom. The maximum atomic E-state index is 13.0. The van der Waals surface area contributed by atoms with Gasteiger partial charge in [0.2, 0.25) is 0 Å². The monoisotopic (exact) mass is 459 g/mol. The Labute approximate surface area is 201 Å². The van der Waals surface area contributed by atoms with Crippen LogP contribution in [0.5, 0.6) is 0 Å². The Morgan fingerprint density at radius 2 is 1.54 bits per heavy atom. The van der Waals surface area contributed by atoms with E-state index in [0.717, 1.165) is 27.7 Å². The van der Waals surface area contributed by atoms with Gasteiger partial charge in [-0.05, 0) is 24.3 Å². The van der Waals surface area contributed by atoms with Crippen molar-refractivity contribution < 1.29 is 9.59 Å². The van der Waals surface area contributed by atoms with Crippen LogP contribution in [0.3, 0.4) is 0 Å². The van der Waals surface area contributed by atoms with E-state index < -0.39 is 11.8 Å². The maximum absolute atomic E-state index is 13.0. The van der Waals surface area contributed by atoms with Gasteiger partial charge < -0.3 is 0 Å². The molecule has 0 saturated heterocycles. The average molecular weight is 460 g/mol. The third-order valence-corrected chi connectivity index (χ3v) is 5.40. The molecule has 0 aliphatic heterocycles. The lowest BCUT2D eigenvalue weighted by Gasteiger charge is -2.06. The van der Waals surface area contributed by atoms with Crippen LogP contribution in [0, 0.1) is 0 Å². The van der Waals surface area contributed by atoms with E-state index >= 15 is 0 Å². The molecule has 2 heterocycles. The number of carbonyl (C=O) groups excluding carboxylic acids is 2. The molecular formula is C28H21N5O2. The predicted octanol–water partition coefficient (Wildman–Crippen LogP) is 4.56. The number of nitrogens with one attached hydrogen (secondary N) is 2. The minimum atomic E-state index is -0.473. The van der Waals surface area contributed by atoms with Crippen LogP contribution in [0.15, 0.2) is 109 Å². The number of amides is 2. The summed E-state index contributed by atoms with van der Waals surface area (Å²) >= 11 is 0. The van der Waals surface area contributed by atoms with E-state index in [1.165, 1.54) is 6.08 Å². The lowest BCUT2D eigenvalue weighted by molar-refractivity contribution is -0.117. The normalized spacial score (nSPS) is 11.0. The summed E-state index contributed by atoms with van der Waals surface area (Å²) in [5.41, 5.74) is 8.99. The van der Waals surface area contributed by atoms with Gasteiger partial charge in [0, 0.05) is 35.0 Å². The maximum Gasteiger partial charge on any atom is 0.273 e. The molecule has 2 amide bonds. The van der Waals surface area contributed by atoms with Crippen molar-refractivity contribution in [3.05, 3.63) is 121 Å². The Morgan fingerprint density at radius 3 is 2.34 bits per heavy atom. The molecule has 35 heavy (non-hydrogen) atoms. The SMILES string of the molecule is O=C(/C=C/c1cccc2cccnc12)NNC(=O)c1cn(-c2ccccc2)nc1-c1ccccc1. The van der Waals surface area contributed by atoms with Crippen molar-refractivity contribution in [1.29, 1.82) is 0 Å². The molecule has 0 saturated carbocycles. The number of hydrogen-bond donors (Lipinski definition) is 2. The fraction of sp³-hybridized carbons (Fsp3) is 0. The van der Waals surface area contributed by atoms with Gasteiger partial charge in [-0.15, -0.1) is 0 Å². The fourth-order valence-corrected chi connectivity index (χ4v) is 3.72. The standard InChI is InChI=1S/C28H21N5O2/c34-25(17-16-22-12-7-11-20-13-8-18-29-26(20)22)30-31-28(35)24-19-33(23-14-5-2-6-15-23)32-27(24)21-9-3-1-4-10-21/h1-19H,(H,30,34)(H,31,35)/b17-16+. The van der Waals surface area contributed by atoms with E-state index in [4.69, 9.17) is 0 Å². The molecule has 0 bridgehead atoms. The van der Waals surface area contributed by atoms with E-state index in [0.29, 0.717) is 11.3 Å². The van der Waals surface area contributed by atoms with Gasteiger partial charge in [-0.25, -0.2) is 4.68 Å². The Hall–Kier alpha value is -5.04. The first-order valence-electron chi connectivity index (χ1n) is 11.0. The number of rotatable bonds is 5. The Kier molecular flexibility index (Phi) is 6.13. The van der Waals surface area contributed by atoms with Gasteiger partial charge in [0.05, 0.1) is 16.8 Å². The summed E-state index contributed by atoms with van der Waals surface area (Å²) in [7, 11) is 0. The number of carbonyl (C=O) groups is 2. The first kappa shape index (κ1) is 21.8. The summed E-state index contributed by atoms with van der Waals surface area (Å²) < 4.78 is 1.65. The minimum absolute atomic E-state index is 0.336. The van der Waals surface area contributed by atoms with Gasteiger partial charge in [0.25, 0.3) is 11.8 Å². The largest absolute Gasteiger partial charge is 0.273 e. The molecule has 5 rings (SSSR count). The highest BCUT2D eigenvalue weighted by Gasteiger charge is 2.19. The molecule has 5 aromatic rings. The molecule has 0 radical (unpaired) electrons. The number of benzene rings is 3. The summed E-state index contributed by atoms with van der Waals surface area (Å²) in [6.45, 7) is 0. The molecule has 3 aromatic carbocycles. The van der Waals surface area contributed by atoms with E-state index in [9.17, 15) is 9.59 Å². The molecule has 0 fully saturated rings. The highest BCUT2D eigenvalue weighted by Crippen LogP contribution is 2.23. The fourth-order valence-electron chi connectivity index (χ4n) is 3.72. The van der Waals surface area contributed by atoms with E-state index in [1.807, 2.05) is 91.0 Å². The van der Waals surface area contributed by atoms with Crippen LogP contribution >= 0.6 is 0 Å². The van der Waals surface area contributed by atoms with Crippen LogP contribution in [0.1, 0.15) is 15.9 Å². The first-order chi connectivity index (χ1) is 17.2. The Bertz CT molecular complexity index is 1520. The molecule has 170 valence electrons. The van der Waals surface area contributed by atoms with Gasteiger partial charge in [-0.1, -0.05) is 72.8 Å². The van der Waals surface area contributed by atoms with Crippen molar-refractivity contribution in [3.8, 4) is 16.9 Å². The van der Waals surface area contributed by atoms with E-state index in [1.54, 1.807) is 23.2 Å². The number of hydrogen-bond acceptors (Lipinski definition) is 4. The highest BCUT2D eigenvalue weighted by molar-refractivity contribution is 6.02. The summed E-state index contributed by atoms with van der Waals surface area (Å²) in [6.07, 6.45) is 6.38. The molecule has 7 nitrogen and oxygen atoms in total. The van der Waals surface area contributed by atoms with Gasteiger partial charge in [0.15, 0.2) is 0 Å². The van der Waals surface area contributed by atoms with E-state index in [2.05, 4.69) is 20.9 Å². The van der Waals surface area contributed by atoms with Crippen molar-refractivity contribution in [2.24, 2.45) is 0 Å². The van der Waals surface area contributed by atoms with Crippen LogP contribution in [0.25, 0.3) is 33.9 Å². The van der Waals surface area contributed by atoms with Gasteiger partial charge in [0.1, 0.15) is 5.69 Å². The quantitative estimate of drug-likeness (QED) is 0.298. The summed E-state index contributed by atoms with van der Waals surface area (Å²) in [6, 6.07) is 28.5. The minimum Gasteiger partial charge on any atom is -0.268 e. The highest BCUT2D eigenvalue weighted by atomic mass is 16.2. The molecule has 0 atom stereocenters. The zero-order valence-electron chi connectivity index (χ0n) is 18.6. The smallest absolute Gasteiger partial charge is 0.268 e. The molecular weight excluding hydrogens is 438 g/mol. The zero-order valence-corrected chi connectivity index (χ0v) is 18.6. The zero-order chi connectivity index (χ0) is 24.0. The van der Waals surface area contributed by atoms with Crippen molar-refractivity contribution >= 4 is 28.8 Å². The van der Waals surface area contributed by atoms with Crippen LogP contribution in [-0.4, -0.2) is 26.6 Å². The van der Waals surface area contributed by atoms with Crippen molar-refractivity contribution in [2.45, 2.75) is 0 Å². The van der Waals surface area contributed by atoms with Crippen molar-refractivity contribution in [3.63, 3.8) is 0 Å². The molecule has 0 spiro atoms. The average Bonchev–Trinajstić information content (AvgIpc) is 3.37. The van der Waals surface area contributed by atoms with Crippen LogP contribution < -0.4 is 10.9 Å². The summed E-state index contributed by atoms with van der Waals surface area (Å²) in [5, 5.41) is 5.60. The molecule has 2 N–H and O–H groups in total. The van der Waals surface area contributed by atoms with Crippen LogP contribution in [0.4, 0.5) is 0 Å². The number of pyridine rings is 1. The second-order valence-corrected chi connectivity index (χ2v) is 7.74. The second-order valence-electron chi connectivity index (χ2n) is 7.74. The van der Waals surface area contributed by atoms with Crippen LogP contribution in [0.2, 0.25) is 0 Å². The molecule has 0 aliphatic rings. The van der Waals surface area contributed by atoms with Gasteiger partial charge in [-0.3, -0.25) is 25.4 Å². The van der Waals surface area contributed by atoms with E-state index in [-0.39, 0.29) is 0 Å². The molecule has 0 aliphatic carbocycles. The van der Waals surface area contributed by atoms with Crippen molar-refractivity contribution in [1.82, 2.24) is 25.6 Å². The second kappa shape index (κ2) is 9.84. The lowest BCUT2D eigenvalue weighted by atomic mass is 10.1. The third-order valence-electron chi connectivity index (χ3n) is 5.40. The molecule has 7 heteroatoms. The predicted molar refractivity (Wildman–Crippen MR) is 135 cm³/mol. The van der Waals surface area contributed by atoms with Gasteiger partial charge >= 0.3 is 0 Å². The molecule has 0 unspecified atom stereocenters. The number of hydrazine groups is 1. The first-order valence-corrected chi connectivity index (χ1v) is 11.0. The molecule has 2 aromatic heterocycles. The summed E-state index contributed by atoms with van der Waals surface area (Å²) in [4.78, 5) is 29.8. The third kappa shape index (κ3) is 4.84. The number of aromatic nitrogens is 3. The van der Waals surface area contributed by atoms with Crippen LogP contribution in [-0.2, 0) is 4.79 Å². The Balaban J connectivity index is 1.34. The van der Waals surface area contributed by atoms with Crippen molar-refractivity contribution in [2.75, 3.05) is 0 Å². The number of para-hydroxylation sites is 2. The lowest BCUT2D eigenvalue weighted by Crippen LogP contribution is -2.40. The number of nitrogens with zero attached hydrogens (tertiary/aromatic N) is 3. The number of fused-ring (bicyclic) bond motifs is 1. The summed E-state index contributed by atoms with van der Waals surface area (Å²) in [5.74, 6) is -0.942. The topological polar surface area (TPSA) is 88.9 Å².